The van der Waals surface area contributed by atoms with Crippen LogP contribution in [0.15, 0.2) is 16.9 Å². The van der Waals surface area contributed by atoms with Gasteiger partial charge in [-0.15, -0.1) is 0 Å². The van der Waals surface area contributed by atoms with Gasteiger partial charge in [-0.2, -0.15) is 0 Å². The molecular weight excluding hydrogens is 242 g/mol. The summed E-state index contributed by atoms with van der Waals surface area (Å²) in [5.74, 6) is -3.21. The summed E-state index contributed by atoms with van der Waals surface area (Å²) >= 11 is 0. The van der Waals surface area contributed by atoms with Crippen LogP contribution in [0.1, 0.15) is 5.56 Å². The van der Waals surface area contributed by atoms with E-state index in [4.69, 9.17) is 5.11 Å². The Labute approximate surface area is 100 Å². The van der Waals surface area contributed by atoms with Gasteiger partial charge in [-0.3, -0.25) is 9.36 Å². The number of rotatable bonds is 1. The maximum Gasteiger partial charge on any atom is 0.275 e. The van der Waals surface area contributed by atoms with Crippen LogP contribution < -0.4 is 16.4 Å². The second-order valence-electron chi connectivity index (χ2n) is 3.83. The van der Waals surface area contributed by atoms with Gasteiger partial charge in [-0.1, -0.05) is 6.58 Å². The van der Waals surface area contributed by atoms with E-state index in [0.717, 1.165) is 12.1 Å². The number of halogens is 2. The topological polar surface area (TPSA) is 58.0 Å². The van der Waals surface area contributed by atoms with Gasteiger partial charge in [0, 0.05) is 7.05 Å². The number of nitrogens with one attached hydrogen (secondary N) is 1. The van der Waals surface area contributed by atoms with Crippen LogP contribution in [0.4, 0.5) is 8.78 Å². The third kappa shape index (κ3) is 1.92. The first-order chi connectivity index (χ1) is 8.40. The number of H-pyrrole nitrogens is 1. The SMILES string of the molecule is C=c1[nH]c(=Cc2cc(F)c(O)c(F)c2)c(=O)n1C. The standard InChI is InChI=1S/C12H10F2N2O2/c1-6-15-10(12(18)16(6)2)5-7-3-8(13)11(17)9(14)4-7/h3-5,15,17H,1H2,2H3. The second kappa shape index (κ2) is 4.14. The highest BCUT2D eigenvalue weighted by atomic mass is 19.1. The van der Waals surface area contributed by atoms with Crippen molar-refractivity contribution in [1.82, 2.24) is 9.55 Å². The van der Waals surface area contributed by atoms with Crippen LogP contribution in [0, 0.1) is 11.6 Å². The van der Waals surface area contributed by atoms with Crippen molar-refractivity contribution in [3.8, 4) is 5.75 Å². The zero-order valence-corrected chi connectivity index (χ0v) is 9.50. The Bertz CT molecular complexity index is 751. The first-order valence-corrected chi connectivity index (χ1v) is 5.04. The number of hydrogen-bond acceptors (Lipinski definition) is 2. The minimum atomic E-state index is -1.08. The van der Waals surface area contributed by atoms with Gasteiger partial charge in [0.1, 0.15) is 10.8 Å². The van der Waals surface area contributed by atoms with Gasteiger partial charge >= 0.3 is 0 Å². The molecule has 0 saturated heterocycles. The van der Waals surface area contributed by atoms with E-state index in [-0.39, 0.29) is 16.5 Å². The predicted octanol–water partition coefficient (Wildman–Crippen LogP) is -0.0637. The Morgan fingerprint density at radius 2 is 1.94 bits per heavy atom. The lowest BCUT2D eigenvalue weighted by Crippen LogP contribution is -2.28. The summed E-state index contributed by atoms with van der Waals surface area (Å²) in [7, 11) is 1.52. The molecular formula is C12H10F2N2O2. The van der Waals surface area contributed by atoms with Crippen molar-refractivity contribution in [3.63, 3.8) is 0 Å². The molecule has 2 rings (SSSR count). The summed E-state index contributed by atoms with van der Waals surface area (Å²) in [5, 5.41) is 9.11. The summed E-state index contributed by atoms with van der Waals surface area (Å²) in [4.78, 5) is 14.3. The molecule has 1 aromatic carbocycles. The molecule has 0 aliphatic carbocycles. The molecule has 0 radical (unpaired) electrons. The molecule has 0 amide bonds. The number of hydrogen-bond donors (Lipinski definition) is 2. The van der Waals surface area contributed by atoms with Crippen molar-refractivity contribution in [1.29, 1.82) is 0 Å². The fourth-order valence-corrected chi connectivity index (χ4v) is 1.53. The van der Waals surface area contributed by atoms with E-state index in [1.807, 2.05) is 0 Å². The summed E-state index contributed by atoms with van der Waals surface area (Å²) in [6.07, 6.45) is 1.28. The van der Waals surface area contributed by atoms with E-state index in [1.165, 1.54) is 17.7 Å². The quantitative estimate of drug-likeness (QED) is 0.747. The highest BCUT2D eigenvalue weighted by molar-refractivity contribution is 5.50. The molecule has 2 N–H and O–H groups in total. The number of nitrogens with zero attached hydrogens (tertiary/aromatic N) is 1. The van der Waals surface area contributed by atoms with Crippen LogP contribution in [0.3, 0.4) is 0 Å². The lowest BCUT2D eigenvalue weighted by Gasteiger charge is -1.98. The minimum Gasteiger partial charge on any atom is -0.503 e. The van der Waals surface area contributed by atoms with Gasteiger partial charge < -0.3 is 10.1 Å². The van der Waals surface area contributed by atoms with E-state index in [9.17, 15) is 13.6 Å². The zero-order chi connectivity index (χ0) is 13.4. The van der Waals surface area contributed by atoms with E-state index in [0.29, 0.717) is 5.48 Å². The Morgan fingerprint density at radius 3 is 2.39 bits per heavy atom. The minimum absolute atomic E-state index is 0.127. The molecule has 0 aliphatic heterocycles. The van der Waals surface area contributed by atoms with Gasteiger partial charge in [0.05, 0.1) is 0 Å². The number of phenolic OH excluding ortho intramolecular Hbond substituents is 1. The molecule has 18 heavy (non-hydrogen) atoms. The summed E-state index contributed by atoms with van der Waals surface area (Å²) in [5.41, 5.74) is 0.154. The van der Waals surface area contributed by atoms with Crippen molar-refractivity contribution in [3.05, 3.63) is 50.5 Å². The van der Waals surface area contributed by atoms with Crippen LogP contribution in [-0.4, -0.2) is 14.7 Å². The predicted molar refractivity (Wildman–Crippen MR) is 62.4 cm³/mol. The molecule has 0 unspecified atom stereocenters. The number of phenols is 1. The number of aromatic hydroxyl groups is 1. The number of imidazole rings is 1. The Morgan fingerprint density at radius 1 is 1.39 bits per heavy atom. The van der Waals surface area contributed by atoms with Crippen LogP contribution in [0.2, 0.25) is 0 Å². The molecule has 1 heterocycles. The van der Waals surface area contributed by atoms with Gasteiger partial charge in [0.2, 0.25) is 0 Å². The van der Waals surface area contributed by atoms with E-state index < -0.39 is 17.4 Å². The molecule has 1 aromatic heterocycles. The molecule has 0 atom stereocenters. The Balaban J connectivity index is 2.68. The average molecular weight is 252 g/mol. The summed E-state index contributed by atoms with van der Waals surface area (Å²) < 4.78 is 27.5. The molecule has 0 saturated carbocycles. The average Bonchev–Trinajstić information content (AvgIpc) is 2.54. The molecule has 0 fully saturated rings. The van der Waals surface area contributed by atoms with Gasteiger partial charge in [-0.25, -0.2) is 8.78 Å². The fourth-order valence-electron chi connectivity index (χ4n) is 1.53. The first kappa shape index (κ1) is 12.1. The van der Waals surface area contributed by atoms with Crippen LogP contribution in [0.25, 0.3) is 12.7 Å². The van der Waals surface area contributed by atoms with Crippen LogP contribution in [-0.2, 0) is 7.05 Å². The van der Waals surface area contributed by atoms with E-state index >= 15 is 0 Å². The van der Waals surface area contributed by atoms with Crippen LogP contribution in [0.5, 0.6) is 5.75 Å². The Kier molecular flexibility index (Phi) is 2.78. The van der Waals surface area contributed by atoms with E-state index in [1.54, 1.807) is 0 Å². The zero-order valence-electron chi connectivity index (χ0n) is 9.50. The maximum atomic E-state index is 13.1. The lowest BCUT2D eigenvalue weighted by atomic mass is 10.2. The maximum absolute atomic E-state index is 13.1. The lowest BCUT2D eigenvalue weighted by molar-refractivity contribution is 0.396. The second-order valence-corrected chi connectivity index (χ2v) is 3.83. The molecule has 4 nitrogen and oxygen atoms in total. The van der Waals surface area contributed by atoms with Crippen molar-refractivity contribution in [2.45, 2.75) is 0 Å². The highest BCUT2D eigenvalue weighted by Crippen LogP contribution is 2.21. The van der Waals surface area contributed by atoms with Crippen molar-refractivity contribution in [2.75, 3.05) is 0 Å². The number of aromatic amines is 1. The molecule has 94 valence electrons. The largest absolute Gasteiger partial charge is 0.503 e. The van der Waals surface area contributed by atoms with Gasteiger partial charge in [0.25, 0.3) is 5.56 Å². The van der Waals surface area contributed by atoms with Crippen molar-refractivity contribution in [2.24, 2.45) is 7.05 Å². The van der Waals surface area contributed by atoms with Gasteiger partial charge in [-0.05, 0) is 23.8 Å². The van der Waals surface area contributed by atoms with E-state index in [2.05, 4.69) is 11.6 Å². The molecule has 6 heteroatoms. The van der Waals surface area contributed by atoms with Crippen molar-refractivity contribution >= 4 is 12.7 Å². The smallest absolute Gasteiger partial charge is 0.275 e. The van der Waals surface area contributed by atoms with Gasteiger partial charge in [0.15, 0.2) is 17.4 Å². The third-order valence-electron chi connectivity index (χ3n) is 2.57. The first-order valence-electron chi connectivity index (χ1n) is 5.04. The molecule has 2 aromatic rings. The monoisotopic (exact) mass is 252 g/mol. The molecule has 0 spiro atoms. The highest BCUT2D eigenvalue weighted by Gasteiger charge is 2.08. The summed E-state index contributed by atoms with van der Waals surface area (Å²) in [6, 6.07) is 1.86. The Hall–Kier alpha value is -2.37. The van der Waals surface area contributed by atoms with Crippen LogP contribution >= 0.6 is 0 Å². The molecule has 0 bridgehead atoms. The number of benzene rings is 1. The van der Waals surface area contributed by atoms with Crippen molar-refractivity contribution < 1.29 is 13.9 Å². The summed E-state index contributed by atoms with van der Waals surface area (Å²) in [6.45, 7) is 3.59. The fraction of sp³-hybridized carbons (Fsp3) is 0.0833. The molecule has 0 aliphatic rings. The normalized spacial score (nSPS) is 12.1. The third-order valence-corrected chi connectivity index (χ3v) is 2.57. The number of aromatic nitrogens is 2.